The molecule has 0 aromatic heterocycles. The SMILES string of the molecule is CCC(CC)P1(=O)c2cc(C)ccc2N2c3ccc(C)cc3P(=O)(N(CC)CC)c3cc(C)cc1c32. The Morgan fingerprint density at radius 2 is 1.19 bits per heavy atom. The fourth-order valence-corrected chi connectivity index (χ4v) is 13.8. The molecule has 5 rings (SSSR count). The standard InChI is InChI=1S/C30H38N2O2P2/c1-8-23(9-2)35(33)26-16-20(5)12-14-24(26)32-25-15-13-21(6)17-27(25)36(34,31(10-3)11-4)29-19-22(7)18-28(35)30(29)32/h12-19,23H,8-11H2,1-7H3. The van der Waals surface area contributed by atoms with E-state index in [0.717, 1.165) is 67.8 Å². The number of fused-ring (bicyclic) bond motifs is 4. The van der Waals surface area contributed by atoms with Gasteiger partial charge in [-0.2, -0.15) is 0 Å². The van der Waals surface area contributed by atoms with E-state index in [2.05, 4.69) is 107 Å². The van der Waals surface area contributed by atoms with E-state index in [1.54, 1.807) is 0 Å². The van der Waals surface area contributed by atoms with E-state index >= 15 is 9.13 Å². The maximum Gasteiger partial charge on any atom is 0.211 e. The van der Waals surface area contributed by atoms with Crippen molar-refractivity contribution in [3.63, 3.8) is 0 Å². The molecule has 2 unspecified atom stereocenters. The van der Waals surface area contributed by atoms with Crippen LogP contribution in [0.4, 0.5) is 17.1 Å². The molecule has 0 fully saturated rings. The molecular weight excluding hydrogens is 482 g/mol. The number of hydrogen-bond donors (Lipinski definition) is 0. The van der Waals surface area contributed by atoms with Gasteiger partial charge in [-0.25, -0.2) is 4.67 Å². The highest BCUT2D eigenvalue weighted by Gasteiger charge is 2.51. The third-order valence-electron chi connectivity index (χ3n) is 8.14. The van der Waals surface area contributed by atoms with Crippen LogP contribution in [0.2, 0.25) is 0 Å². The van der Waals surface area contributed by atoms with Crippen molar-refractivity contribution in [3.8, 4) is 0 Å². The molecule has 4 nitrogen and oxygen atoms in total. The summed E-state index contributed by atoms with van der Waals surface area (Å²) < 4.78 is 33.1. The maximum atomic E-state index is 15.5. The Balaban J connectivity index is 2.01. The zero-order valence-electron chi connectivity index (χ0n) is 22.6. The smallest absolute Gasteiger partial charge is 0.211 e. The summed E-state index contributed by atoms with van der Waals surface area (Å²) in [5, 5.41) is 3.58. The molecule has 0 saturated heterocycles. The minimum atomic E-state index is -3.16. The van der Waals surface area contributed by atoms with Gasteiger partial charge in [-0.05, 0) is 75.6 Å². The summed E-state index contributed by atoms with van der Waals surface area (Å²) in [7, 11) is -6.16. The Bertz CT molecular complexity index is 1350. The number of rotatable bonds is 6. The first-order valence-corrected chi connectivity index (χ1v) is 16.7. The summed E-state index contributed by atoms with van der Waals surface area (Å²) in [6, 6.07) is 16.9. The molecule has 0 radical (unpaired) electrons. The van der Waals surface area contributed by atoms with Crippen LogP contribution in [0.3, 0.4) is 0 Å². The van der Waals surface area contributed by atoms with Crippen LogP contribution < -0.4 is 26.1 Å². The predicted molar refractivity (Wildman–Crippen MR) is 156 cm³/mol. The minimum Gasteiger partial charge on any atom is -0.313 e. The third kappa shape index (κ3) is 3.31. The number of hydrogen-bond acceptors (Lipinski definition) is 3. The fourth-order valence-electron chi connectivity index (χ4n) is 6.36. The van der Waals surface area contributed by atoms with Gasteiger partial charge in [0.2, 0.25) is 7.29 Å². The fraction of sp³-hybridized carbons (Fsp3) is 0.400. The Labute approximate surface area is 216 Å². The van der Waals surface area contributed by atoms with Crippen LogP contribution in [0, 0.1) is 20.8 Å². The zero-order chi connectivity index (χ0) is 26.0. The van der Waals surface area contributed by atoms with E-state index in [1.165, 1.54) is 0 Å². The van der Waals surface area contributed by atoms with Crippen LogP contribution in [0.1, 0.15) is 57.2 Å². The Kier molecular flexibility index (Phi) is 6.39. The van der Waals surface area contributed by atoms with Gasteiger partial charge in [-0.1, -0.05) is 51.0 Å². The molecule has 2 aliphatic heterocycles. The van der Waals surface area contributed by atoms with E-state index in [1.807, 2.05) is 0 Å². The Morgan fingerprint density at radius 3 is 1.75 bits per heavy atom. The first-order chi connectivity index (χ1) is 17.2. The molecule has 36 heavy (non-hydrogen) atoms. The summed E-state index contributed by atoms with van der Waals surface area (Å²) in [4.78, 5) is 2.27. The average Bonchev–Trinajstić information content (AvgIpc) is 2.86. The molecule has 2 heterocycles. The molecule has 2 aliphatic rings. The molecule has 0 aliphatic carbocycles. The van der Waals surface area contributed by atoms with Gasteiger partial charge in [0.25, 0.3) is 0 Å². The number of benzene rings is 3. The molecule has 3 aromatic carbocycles. The second-order valence-electron chi connectivity index (χ2n) is 10.3. The van der Waals surface area contributed by atoms with Crippen molar-refractivity contribution in [2.75, 3.05) is 18.0 Å². The maximum absolute atomic E-state index is 15.5. The van der Waals surface area contributed by atoms with E-state index in [4.69, 9.17) is 0 Å². The highest BCUT2D eigenvalue weighted by Crippen LogP contribution is 2.64. The van der Waals surface area contributed by atoms with Gasteiger partial charge in [0, 0.05) is 29.4 Å². The zero-order valence-corrected chi connectivity index (χ0v) is 24.4. The number of anilines is 3. The summed E-state index contributed by atoms with van der Waals surface area (Å²) in [5.41, 5.74) is 6.11. The first-order valence-electron chi connectivity index (χ1n) is 13.3. The average molecular weight is 521 g/mol. The van der Waals surface area contributed by atoms with Gasteiger partial charge in [-0.15, -0.1) is 0 Å². The quantitative estimate of drug-likeness (QED) is 0.336. The number of aryl methyl sites for hydroxylation is 3. The molecule has 0 spiro atoms. The van der Waals surface area contributed by atoms with E-state index in [9.17, 15) is 0 Å². The predicted octanol–water partition coefficient (Wildman–Crippen LogP) is 6.78. The lowest BCUT2D eigenvalue weighted by Crippen LogP contribution is -2.47. The lowest BCUT2D eigenvalue weighted by Gasteiger charge is -2.47. The van der Waals surface area contributed by atoms with Crippen LogP contribution in [-0.4, -0.2) is 23.4 Å². The van der Waals surface area contributed by atoms with Crippen LogP contribution in [0.25, 0.3) is 0 Å². The van der Waals surface area contributed by atoms with Gasteiger partial charge in [0.15, 0.2) is 0 Å². The first kappa shape index (κ1) is 25.5. The highest BCUT2D eigenvalue weighted by molar-refractivity contribution is 7.81. The van der Waals surface area contributed by atoms with Crippen LogP contribution in [0.5, 0.6) is 0 Å². The van der Waals surface area contributed by atoms with Gasteiger partial charge < -0.3 is 9.46 Å². The lowest BCUT2D eigenvalue weighted by molar-refractivity contribution is 0.458. The monoisotopic (exact) mass is 520 g/mol. The summed E-state index contributed by atoms with van der Waals surface area (Å²) in [6.07, 6.45) is 1.68. The second kappa shape index (κ2) is 9.02. The van der Waals surface area contributed by atoms with Crippen LogP contribution in [0.15, 0.2) is 48.5 Å². The van der Waals surface area contributed by atoms with E-state index in [0.29, 0.717) is 13.1 Å². The van der Waals surface area contributed by atoms with Gasteiger partial charge in [0.1, 0.15) is 7.14 Å². The van der Waals surface area contributed by atoms with Gasteiger partial charge >= 0.3 is 0 Å². The van der Waals surface area contributed by atoms with Crippen molar-refractivity contribution in [2.45, 2.75) is 67.0 Å². The van der Waals surface area contributed by atoms with Crippen molar-refractivity contribution in [2.24, 2.45) is 0 Å². The molecule has 2 atom stereocenters. The summed E-state index contributed by atoms with van der Waals surface area (Å²) in [5.74, 6) is 0. The van der Waals surface area contributed by atoms with Crippen molar-refractivity contribution in [1.82, 2.24) is 4.67 Å². The molecular formula is C30H38N2O2P2. The molecule has 0 bridgehead atoms. The van der Waals surface area contributed by atoms with E-state index < -0.39 is 14.4 Å². The van der Waals surface area contributed by atoms with Crippen molar-refractivity contribution in [3.05, 3.63) is 65.2 Å². The van der Waals surface area contributed by atoms with Gasteiger partial charge in [0.05, 0.1) is 27.7 Å². The molecule has 190 valence electrons. The number of nitrogens with zero attached hydrogens (tertiary/aromatic N) is 2. The lowest BCUT2D eigenvalue weighted by atomic mass is 10.1. The second-order valence-corrected chi connectivity index (χ2v) is 16.0. The molecule has 0 amide bonds. The van der Waals surface area contributed by atoms with Crippen molar-refractivity contribution in [1.29, 1.82) is 0 Å². The molecule has 0 saturated carbocycles. The summed E-state index contributed by atoms with van der Waals surface area (Å²) >= 11 is 0. The van der Waals surface area contributed by atoms with Crippen LogP contribution in [-0.2, 0) is 9.13 Å². The molecule has 3 aromatic rings. The highest BCUT2D eigenvalue weighted by atomic mass is 31.2. The largest absolute Gasteiger partial charge is 0.313 e. The minimum absolute atomic E-state index is 0.0401. The topological polar surface area (TPSA) is 40.6 Å². The normalized spacial score (nSPS) is 22.0. The Hall–Kier alpha value is -2.12. The third-order valence-corrected chi connectivity index (χ3v) is 15.4. The summed E-state index contributed by atoms with van der Waals surface area (Å²) in [6.45, 7) is 16.0. The van der Waals surface area contributed by atoms with Crippen LogP contribution >= 0.6 is 14.4 Å². The van der Waals surface area contributed by atoms with Gasteiger partial charge in [-0.3, -0.25) is 4.57 Å². The van der Waals surface area contributed by atoms with E-state index in [-0.39, 0.29) is 5.66 Å². The van der Waals surface area contributed by atoms with Crippen molar-refractivity contribution < 1.29 is 9.13 Å². The molecule has 0 N–H and O–H groups in total. The molecule has 6 heteroatoms. The Morgan fingerprint density at radius 1 is 0.694 bits per heavy atom. The van der Waals surface area contributed by atoms with Crippen molar-refractivity contribution >= 4 is 52.7 Å².